The Hall–Kier alpha value is -1.04. The first-order chi connectivity index (χ1) is 7.38. The molecule has 0 bridgehead atoms. The summed E-state index contributed by atoms with van der Waals surface area (Å²) >= 11 is 0. The molecule has 0 spiro atoms. The summed E-state index contributed by atoms with van der Waals surface area (Å²) in [6.45, 7) is 3.88. The van der Waals surface area contributed by atoms with Crippen molar-refractivity contribution in [3.8, 4) is 0 Å². The van der Waals surface area contributed by atoms with Gasteiger partial charge in [-0.2, -0.15) is 18.3 Å². The molecule has 16 heavy (non-hydrogen) atoms. The summed E-state index contributed by atoms with van der Waals surface area (Å²) in [4.78, 5) is 0. The molecule has 0 aromatic carbocycles. The number of hydrogen-bond donors (Lipinski definition) is 1. The zero-order chi connectivity index (χ0) is 12.3. The summed E-state index contributed by atoms with van der Waals surface area (Å²) < 4.78 is 39.6. The molecule has 0 atom stereocenters. The quantitative estimate of drug-likeness (QED) is 0.867. The van der Waals surface area contributed by atoms with E-state index in [2.05, 4.69) is 10.4 Å². The Bertz CT molecular complexity index is 342. The van der Waals surface area contributed by atoms with Crippen LogP contribution in [0.3, 0.4) is 0 Å². The second-order valence-electron chi connectivity index (χ2n) is 3.91. The minimum atomic E-state index is -4.34. The summed E-state index contributed by atoms with van der Waals surface area (Å²) in [5.74, 6) is 0. The highest BCUT2D eigenvalue weighted by molar-refractivity contribution is 5.21. The zero-order valence-electron chi connectivity index (χ0n) is 9.60. The largest absolute Gasteiger partial charge is 0.433 e. The first kappa shape index (κ1) is 13.0. The fourth-order valence-corrected chi connectivity index (χ4v) is 1.54. The van der Waals surface area contributed by atoms with Gasteiger partial charge in [-0.3, -0.25) is 4.68 Å². The van der Waals surface area contributed by atoms with E-state index in [-0.39, 0.29) is 11.6 Å². The van der Waals surface area contributed by atoms with Crippen molar-refractivity contribution in [1.29, 1.82) is 0 Å². The number of rotatable bonds is 4. The van der Waals surface area contributed by atoms with E-state index in [1.54, 1.807) is 20.9 Å². The summed E-state index contributed by atoms with van der Waals surface area (Å²) in [5.41, 5.74) is -0.381. The van der Waals surface area contributed by atoms with Crippen LogP contribution >= 0.6 is 0 Å². The molecule has 0 saturated heterocycles. The third-order valence-electron chi connectivity index (χ3n) is 2.27. The molecule has 0 aliphatic rings. The van der Waals surface area contributed by atoms with Gasteiger partial charge in [0.2, 0.25) is 0 Å². The third-order valence-corrected chi connectivity index (χ3v) is 2.27. The zero-order valence-corrected chi connectivity index (χ0v) is 9.60. The Morgan fingerprint density at radius 2 is 2.06 bits per heavy atom. The first-order valence-electron chi connectivity index (χ1n) is 5.16. The fraction of sp³-hybridized carbons (Fsp3) is 0.700. The van der Waals surface area contributed by atoms with Crippen LogP contribution in [0.1, 0.15) is 31.1 Å². The van der Waals surface area contributed by atoms with Gasteiger partial charge in [-0.15, -0.1) is 0 Å². The highest BCUT2D eigenvalue weighted by Gasteiger charge is 2.38. The minimum absolute atomic E-state index is 0.246. The lowest BCUT2D eigenvalue weighted by atomic mass is 10.1. The fourth-order valence-electron chi connectivity index (χ4n) is 1.54. The Kier molecular flexibility index (Phi) is 3.96. The van der Waals surface area contributed by atoms with E-state index in [9.17, 15) is 13.2 Å². The van der Waals surface area contributed by atoms with Crippen molar-refractivity contribution in [3.63, 3.8) is 0 Å². The van der Waals surface area contributed by atoms with Crippen LogP contribution in [-0.2, 0) is 12.6 Å². The molecule has 1 N–H and O–H groups in total. The molecule has 6 heteroatoms. The van der Waals surface area contributed by atoms with E-state index in [0.29, 0.717) is 13.0 Å². The topological polar surface area (TPSA) is 29.9 Å². The average Bonchev–Trinajstić information content (AvgIpc) is 2.57. The van der Waals surface area contributed by atoms with Crippen LogP contribution in [0.15, 0.2) is 6.20 Å². The second-order valence-corrected chi connectivity index (χ2v) is 3.91. The normalized spacial score (nSPS) is 12.4. The van der Waals surface area contributed by atoms with Crippen molar-refractivity contribution in [1.82, 2.24) is 15.1 Å². The maximum Gasteiger partial charge on any atom is 0.433 e. The van der Waals surface area contributed by atoms with Gasteiger partial charge >= 0.3 is 6.18 Å². The number of likely N-dealkylation sites (N-methyl/N-ethyl adjacent to an activating group) is 1. The average molecular weight is 235 g/mol. The third kappa shape index (κ3) is 2.75. The smallest absolute Gasteiger partial charge is 0.319 e. The standard InChI is InChI=1S/C10H16F3N3/c1-7(2)16-9(10(11,12)13)8(6-15-16)4-5-14-3/h6-7,14H,4-5H2,1-3H3. The second kappa shape index (κ2) is 4.86. The lowest BCUT2D eigenvalue weighted by molar-refractivity contribution is -0.145. The Labute approximate surface area is 92.6 Å². The van der Waals surface area contributed by atoms with Crippen molar-refractivity contribution in [2.45, 2.75) is 32.5 Å². The van der Waals surface area contributed by atoms with Gasteiger partial charge in [0.15, 0.2) is 0 Å². The Morgan fingerprint density at radius 1 is 1.44 bits per heavy atom. The summed E-state index contributed by atoms with van der Waals surface area (Å²) in [6, 6.07) is -0.292. The van der Waals surface area contributed by atoms with E-state index in [4.69, 9.17) is 0 Å². The van der Waals surface area contributed by atoms with Crippen LogP contribution in [0.4, 0.5) is 13.2 Å². The maximum absolute atomic E-state index is 12.8. The number of nitrogens with one attached hydrogen (secondary N) is 1. The van der Waals surface area contributed by atoms with Crippen LogP contribution in [0.25, 0.3) is 0 Å². The lowest BCUT2D eigenvalue weighted by Crippen LogP contribution is -2.19. The summed E-state index contributed by atoms with van der Waals surface area (Å²) in [5, 5.41) is 6.63. The number of hydrogen-bond acceptors (Lipinski definition) is 2. The van der Waals surface area contributed by atoms with Crippen molar-refractivity contribution in [2.24, 2.45) is 0 Å². The highest BCUT2D eigenvalue weighted by Crippen LogP contribution is 2.33. The summed E-state index contributed by atoms with van der Waals surface area (Å²) in [6.07, 6.45) is -2.71. The molecule has 1 aromatic rings. The SMILES string of the molecule is CNCCc1cnn(C(C)C)c1C(F)(F)F. The van der Waals surface area contributed by atoms with Gasteiger partial charge < -0.3 is 5.32 Å². The maximum atomic E-state index is 12.8. The van der Waals surface area contributed by atoms with Gasteiger partial charge in [0.25, 0.3) is 0 Å². The molecule has 0 amide bonds. The molecule has 92 valence electrons. The molecular formula is C10H16F3N3. The Balaban J connectivity index is 3.10. The van der Waals surface area contributed by atoms with E-state index in [1.165, 1.54) is 6.20 Å². The molecule has 0 unspecified atom stereocenters. The molecule has 1 aromatic heterocycles. The van der Waals surface area contributed by atoms with E-state index in [1.807, 2.05) is 0 Å². The molecule has 1 heterocycles. The van der Waals surface area contributed by atoms with Gasteiger partial charge in [-0.25, -0.2) is 0 Å². The molecule has 3 nitrogen and oxygen atoms in total. The van der Waals surface area contributed by atoms with Crippen LogP contribution in [0.2, 0.25) is 0 Å². The highest BCUT2D eigenvalue weighted by atomic mass is 19.4. The predicted octanol–water partition coefficient (Wildman–Crippen LogP) is 2.24. The minimum Gasteiger partial charge on any atom is -0.319 e. The number of halogens is 3. The van der Waals surface area contributed by atoms with Crippen molar-refractivity contribution >= 4 is 0 Å². The molecule has 1 rings (SSSR count). The van der Waals surface area contributed by atoms with Crippen LogP contribution < -0.4 is 5.32 Å². The lowest BCUT2D eigenvalue weighted by Gasteiger charge is -2.15. The van der Waals surface area contributed by atoms with Gasteiger partial charge in [-0.1, -0.05) is 0 Å². The van der Waals surface area contributed by atoms with Crippen LogP contribution in [0.5, 0.6) is 0 Å². The molecular weight excluding hydrogens is 219 g/mol. The first-order valence-corrected chi connectivity index (χ1v) is 5.16. The Morgan fingerprint density at radius 3 is 2.50 bits per heavy atom. The monoisotopic (exact) mass is 235 g/mol. The number of aromatic nitrogens is 2. The van der Waals surface area contributed by atoms with E-state index < -0.39 is 11.9 Å². The van der Waals surface area contributed by atoms with Crippen molar-refractivity contribution in [3.05, 3.63) is 17.5 Å². The van der Waals surface area contributed by atoms with Gasteiger partial charge in [0.1, 0.15) is 5.69 Å². The number of alkyl halides is 3. The predicted molar refractivity (Wildman–Crippen MR) is 55.2 cm³/mol. The van der Waals surface area contributed by atoms with Gasteiger partial charge in [0, 0.05) is 11.6 Å². The molecule has 0 fully saturated rings. The molecule has 0 aliphatic carbocycles. The molecule has 0 saturated carbocycles. The van der Waals surface area contributed by atoms with Crippen molar-refractivity contribution in [2.75, 3.05) is 13.6 Å². The number of nitrogens with zero attached hydrogens (tertiary/aromatic N) is 2. The van der Waals surface area contributed by atoms with Crippen LogP contribution in [-0.4, -0.2) is 23.4 Å². The van der Waals surface area contributed by atoms with Gasteiger partial charge in [-0.05, 0) is 33.9 Å². The van der Waals surface area contributed by atoms with E-state index in [0.717, 1.165) is 4.68 Å². The molecule has 0 radical (unpaired) electrons. The summed E-state index contributed by atoms with van der Waals surface area (Å²) in [7, 11) is 1.71. The molecule has 0 aliphatic heterocycles. The van der Waals surface area contributed by atoms with Gasteiger partial charge in [0.05, 0.1) is 6.20 Å². The van der Waals surface area contributed by atoms with Crippen LogP contribution in [0, 0.1) is 0 Å². The van der Waals surface area contributed by atoms with Crippen molar-refractivity contribution < 1.29 is 13.2 Å². The van der Waals surface area contributed by atoms with E-state index >= 15 is 0 Å².